The lowest BCUT2D eigenvalue weighted by Crippen LogP contribution is -2.35. The van der Waals surface area contributed by atoms with Crippen LogP contribution >= 0.6 is 11.3 Å². The van der Waals surface area contributed by atoms with E-state index in [1.807, 2.05) is 18.2 Å². The van der Waals surface area contributed by atoms with Gasteiger partial charge in [-0.2, -0.15) is 0 Å². The maximum atomic E-state index is 13.3. The molecule has 2 aliphatic carbocycles. The number of thiophene rings is 1. The van der Waals surface area contributed by atoms with Crippen molar-refractivity contribution in [3.8, 4) is 0 Å². The Hall–Kier alpha value is -2.47. The normalized spacial score (nSPS) is 22.6. The van der Waals surface area contributed by atoms with Gasteiger partial charge in [0, 0.05) is 29.3 Å². The standard InChI is InChI=1S/C28H34N2O3S/c1-19-8-3-4-10-23(19)30-24-12-11-20(16-22(24)29-26(30)17-21-9-7-15-34-21)25(31)18-28(27(32)33)13-5-2-6-14-28/h7,9,11-12,15-16,19,23H,2-6,8,10,13-14,17-18H2,1H3,(H,32,33)/t19-,23-/m1/s1. The molecule has 0 radical (unpaired) electrons. The number of aromatic nitrogens is 2. The lowest BCUT2D eigenvalue weighted by atomic mass is 9.70. The van der Waals surface area contributed by atoms with Gasteiger partial charge >= 0.3 is 5.97 Å². The predicted molar refractivity (Wildman–Crippen MR) is 136 cm³/mol. The predicted octanol–water partition coefficient (Wildman–Crippen LogP) is 7.05. The Bertz CT molecular complexity index is 1170. The van der Waals surface area contributed by atoms with Gasteiger partial charge in [0.25, 0.3) is 0 Å². The Morgan fingerprint density at radius 2 is 1.91 bits per heavy atom. The Labute approximate surface area is 205 Å². The van der Waals surface area contributed by atoms with E-state index >= 15 is 0 Å². The quantitative estimate of drug-likeness (QED) is 0.369. The molecule has 0 amide bonds. The molecule has 0 unspecified atom stereocenters. The van der Waals surface area contributed by atoms with Gasteiger partial charge < -0.3 is 9.67 Å². The van der Waals surface area contributed by atoms with Crippen molar-refractivity contribution in [2.75, 3.05) is 0 Å². The zero-order valence-corrected chi connectivity index (χ0v) is 20.8. The van der Waals surface area contributed by atoms with E-state index in [0.29, 0.717) is 30.4 Å². The molecule has 1 aromatic carbocycles. The van der Waals surface area contributed by atoms with Crippen LogP contribution in [-0.2, 0) is 11.2 Å². The topological polar surface area (TPSA) is 72.2 Å². The Morgan fingerprint density at radius 3 is 2.62 bits per heavy atom. The third-order valence-electron chi connectivity index (χ3n) is 8.16. The Balaban J connectivity index is 1.50. The highest BCUT2D eigenvalue weighted by Crippen LogP contribution is 2.41. The van der Waals surface area contributed by atoms with E-state index in [-0.39, 0.29) is 12.2 Å². The SMILES string of the molecule is C[C@@H]1CCCC[C@H]1n1c(Cc2cccs2)nc2cc(C(=O)CC3(C(=O)O)CCCCC3)ccc21. The van der Waals surface area contributed by atoms with Crippen molar-refractivity contribution in [1.82, 2.24) is 9.55 Å². The number of benzene rings is 1. The molecule has 2 atom stereocenters. The van der Waals surface area contributed by atoms with Crippen molar-refractivity contribution in [2.24, 2.45) is 11.3 Å². The number of Topliss-reactive ketones (excluding diaryl/α,β-unsaturated/α-hetero) is 1. The Morgan fingerprint density at radius 1 is 1.12 bits per heavy atom. The number of hydrogen-bond acceptors (Lipinski definition) is 4. The molecule has 0 saturated heterocycles. The van der Waals surface area contributed by atoms with Crippen LogP contribution in [-0.4, -0.2) is 26.4 Å². The highest BCUT2D eigenvalue weighted by atomic mass is 32.1. The molecule has 6 heteroatoms. The van der Waals surface area contributed by atoms with Gasteiger partial charge in [-0.1, -0.05) is 45.1 Å². The van der Waals surface area contributed by atoms with Crippen LogP contribution in [0.25, 0.3) is 11.0 Å². The van der Waals surface area contributed by atoms with Crippen molar-refractivity contribution in [3.05, 3.63) is 52.0 Å². The van der Waals surface area contributed by atoms with Crippen LogP contribution in [0.3, 0.4) is 0 Å². The third kappa shape index (κ3) is 4.45. The molecule has 2 heterocycles. The first-order valence-corrected chi connectivity index (χ1v) is 13.6. The maximum absolute atomic E-state index is 13.3. The minimum atomic E-state index is -0.911. The fourth-order valence-corrected chi connectivity index (χ4v) is 6.87. The molecule has 34 heavy (non-hydrogen) atoms. The van der Waals surface area contributed by atoms with E-state index in [1.165, 1.54) is 24.1 Å². The molecule has 5 rings (SSSR count). The molecule has 2 aromatic heterocycles. The summed E-state index contributed by atoms with van der Waals surface area (Å²) in [5.74, 6) is 0.758. The first-order chi connectivity index (χ1) is 16.5. The number of aliphatic carboxylic acids is 1. The number of carboxylic acid groups (broad SMARTS) is 1. The van der Waals surface area contributed by atoms with Crippen LogP contribution < -0.4 is 0 Å². The first kappa shape index (κ1) is 23.3. The molecule has 2 aliphatic rings. The Kier molecular flexibility index (Phi) is 6.61. The van der Waals surface area contributed by atoms with Gasteiger partial charge in [-0.3, -0.25) is 9.59 Å². The molecule has 3 aromatic rings. The summed E-state index contributed by atoms with van der Waals surface area (Å²) in [6.07, 6.45) is 9.79. The summed E-state index contributed by atoms with van der Waals surface area (Å²) in [6, 6.07) is 10.5. The average Bonchev–Trinajstić information content (AvgIpc) is 3.47. The fourth-order valence-electron chi connectivity index (χ4n) is 6.17. The average molecular weight is 479 g/mol. The van der Waals surface area contributed by atoms with Gasteiger partial charge in [0.05, 0.1) is 16.4 Å². The minimum Gasteiger partial charge on any atom is -0.481 e. The minimum absolute atomic E-state index is 0.0772. The molecule has 2 saturated carbocycles. The van der Waals surface area contributed by atoms with Crippen LogP contribution in [0.1, 0.15) is 98.2 Å². The van der Waals surface area contributed by atoms with E-state index in [2.05, 4.69) is 29.0 Å². The van der Waals surface area contributed by atoms with Crippen LogP contribution in [0.4, 0.5) is 0 Å². The number of carboxylic acids is 1. The smallest absolute Gasteiger partial charge is 0.310 e. The summed E-state index contributed by atoms with van der Waals surface area (Å²) in [4.78, 5) is 31.7. The molecule has 5 nitrogen and oxygen atoms in total. The van der Waals surface area contributed by atoms with Gasteiger partial charge in [-0.25, -0.2) is 4.98 Å². The summed E-state index contributed by atoms with van der Waals surface area (Å²) >= 11 is 1.75. The van der Waals surface area contributed by atoms with Gasteiger partial charge in [0.1, 0.15) is 5.82 Å². The maximum Gasteiger partial charge on any atom is 0.310 e. The van der Waals surface area contributed by atoms with Gasteiger partial charge in [-0.15, -0.1) is 11.3 Å². The summed E-state index contributed by atoms with van der Waals surface area (Å²) in [5.41, 5.74) is 1.62. The molecule has 180 valence electrons. The zero-order valence-electron chi connectivity index (χ0n) is 20.0. The summed E-state index contributed by atoms with van der Waals surface area (Å²) in [6.45, 7) is 2.35. The fraction of sp³-hybridized carbons (Fsp3) is 0.536. The lowest BCUT2D eigenvalue weighted by Gasteiger charge is -2.32. The molecule has 0 aliphatic heterocycles. The monoisotopic (exact) mass is 478 g/mol. The van der Waals surface area contributed by atoms with Crippen molar-refractivity contribution >= 4 is 34.1 Å². The number of hydrogen-bond donors (Lipinski definition) is 1. The largest absolute Gasteiger partial charge is 0.481 e. The van der Waals surface area contributed by atoms with Crippen LogP contribution in [0.5, 0.6) is 0 Å². The molecule has 2 fully saturated rings. The first-order valence-electron chi connectivity index (χ1n) is 12.8. The van der Waals surface area contributed by atoms with E-state index in [1.54, 1.807) is 11.3 Å². The second-order valence-electron chi connectivity index (χ2n) is 10.4. The third-order valence-corrected chi connectivity index (χ3v) is 9.03. The van der Waals surface area contributed by atoms with Gasteiger partial charge in [0.15, 0.2) is 5.78 Å². The number of carbonyl (C=O) groups excluding carboxylic acids is 1. The van der Waals surface area contributed by atoms with Crippen molar-refractivity contribution in [1.29, 1.82) is 0 Å². The van der Waals surface area contributed by atoms with Crippen molar-refractivity contribution in [3.63, 3.8) is 0 Å². The number of carbonyl (C=O) groups is 2. The number of nitrogens with zero attached hydrogens (tertiary/aromatic N) is 2. The molecular formula is C28H34N2O3S. The second kappa shape index (κ2) is 9.65. The number of fused-ring (bicyclic) bond motifs is 1. The number of rotatable bonds is 7. The lowest BCUT2D eigenvalue weighted by molar-refractivity contribution is -0.150. The van der Waals surface area contributed by atoms with Gasteiger partial charge in [0.2, 0.25) is 0 Å². The summed E-state index contributed by atoms with van der Waals surface area (Å²) in [5, 5.41) is 12.0. The van der Waals surface area contributed by atoms with E-state index < -0.39 is 11.4 Å². The van der Waals surface area contributed by atoms with E-state index in [0.717, 1.165) is 49.0 Å². The van der Waals surface area contributed by atoms with E-state index in [9.17, 15) is 14.7 Å². The highest BCUT2D eigenvalue weighted by Gasteiger charge is 2.41. The van der Waals surface area contributed by atoms with Crippen molar-refractivity contribution in [2.45, 2.75) is 83.6 Å². The molecular weight excluding hydrogens is 444 g/mol. The van der Waals surface area contributed by atoms with Crippen LogP contribution in [0.2, 0.25) is 0 Å². The summed E-state index contributed by atoms with van der Waals surface area (Å²) in [7, 11) is 0. The molecule has 1 N–H and O–H groups in total. The molecule has 0 spiro atoms. The van der Waals surface area contributed by atoms with Crippen molar-refractivity contribution < 1.29 is 14.7 Å². The second-order valence-corrected chi connectivity index (χ2v) is 11.5. The van der Waals surface area contributed by atoms with Gasteiger partial charge in [-0.05, 0) is 61.2 Å². The summed E-state index contributed by atoms with van der Waals surface area (Å²) < 4.78 is 2.44. The number of ketones is 1. The highest BCUT2D eigenvalue weighted by molar-refractivity contribution is 7.09. The van der Waals surface area contributed by atoms with Crippen LogP contribution in [0, 0.1) is 11.3 Å². The van der Waals surface area contributed by atoms with E-state index in [4.69, 9.17) is 4.98 Å². The molecule has 0 bridgehead atoms. The zero-order chi connectivity index (χ0) is 23.7. The van der Waals surface area contributed by atoms with Crippen LogP contribution in [0.15, 0.2) is 35.7 Å². The number of imidazole rings is 1.